The van der Waals surface area contributed by atoms with Crippen LogP contribution in [0.5, 0.6) is 0 Å². The molecule has 0 unspecified atom stereocenters. The summed E-state index contributed by atoms with van der Waals surface area (Å²) in [5.41, 5.74) is 2.80. The van der Waals surface area contributed by atoms with E-state index in [2.05, 4.69) is 72.5 Å². The van der Waals surface area contributed by atoms with Gasteiger partial charge in [-0.3, -0.25) is 4.90 Å². The minimum absolute atomic E-state index is 1.04. The lowest BCUT2D eigenvalue weighted by Gasteiger charge is -2.22. The summed E-state index contributed by atoms with van der Waals surface area (Å²) in [5.74, 6) is 0. The Labute approximate surface area is 116 Å². The highest BCUT2D eigenvalue weighted by Crippen LogP contribution is 2.11. The first kappa shape index (κ1) is 13.8. The molecule has 0 aliphatic carbocycles. The quantitative estimate of drug-likeness (QED) is 0.702. The predicted molar refractivity (Wildman–Crippen MR) is 81.9 cm³/mol. The van der Waals surface area contributed by atoms with Crippen molar-refractivity contribution in [3.63, 3.8) is 0 Å². The molecule has 0 aliphatic rings. The van der Waals surface area contributed by atoms with E-state index in [1.807, 2.05) is 0 Å². The number of unbranched alkanes of at least 4 members (excludes halogenated alkanes) is 1. The number of benzene rings is 2. The molecule has 1 heteroatoms. The Balaban J connectivity index is 1.99. The van der Waals surface area contributed by atoms with Crippen LogP contribution < -0.4 is 0 Å². The Bertz CT molecular complexity index is 408. The van der Waals surface area contributed by atoms with Crippen LogP contribution in [0.1, 0.15) is 30.9 Å². The maximum absolute atomic E-state index is 2.54. The zero-order valence-electron chi connectivity index (χ0n) is 11.8. The largest absolute Gasteiger partial charge is 0.295 e. The fourth-order valence-electron chi connectivity index (χ4n) is 2.28. The Hall–Kier alpha value is -1.60. The summed E-state index contributed by atoms with van der Waals surface area (Å²) in [7, 11) is 0. The van der Waals surface area contributed by atoms with E-state index in [0.717, 1.165) is 13.1 Å². The van der Waals surface area contributed by atoms with Crippen molar-refractivity contribution in [1.29, 1.82) is 0 Å². The lowest BCUT2D eigenvalue weighted by atomic mass is 10.1. The van der Waals surface area contributed by atoms with Crippen LogP contribution in [0, 0.1) is 0 Å². The molecule has 0 radical (unpaired) electrons. The van der Waals surface area contributed by atoms with E-state index < -0.39 is 0 Å². The average molecular weight is 253 g/mol. The summed E-state index contributed by atoms with van der Waals surface area (Å²) in [6.07, 6.45) is 2.51. The molecular formula is C18H23N. The molecular weight excluding hydrogens is 230 g/mol. The van der Waals surface area contributed by atoms with Gasteiger partial charge in [0, 0.05) is 13.1 Å². The standard InChI is InChI=1S/C18H23N/c1-2-3-14-19(15-17-10-6-4-7-11-17)16-18-12-8-5-9-13-18/h4-13H,2-3,14-16H2,1H3. The molecule has 2 aromatic rings. The van der Waals surface area contributed by atoms with Gasteiger partial charge in [-0.15, -0.1) is 0 Å². The van der Waals surface area contributed by atoms with Crippen LogP contribution in [0.25, 0.3) is 0 Å². The van der Waals surface area contributed by atoms with Crippen LogP contribution >= 0.6 is 0 Å². The molecule has 0 aliphatic heterocycles. The van der Waals surface area contributed by atoms with Gasteiger partial charge in [0.25, 0.3) is 0 Å². The molecule has 2 rings (SSSR count). The molecule has 2 aromatic carbocycles. The van der Waals surface area contributed by atoms with Crippen LogP contribution in [-0.4, -0.2) is 11.4 Å². The van der Waals surface area contributed by atoms with Gasteiger partial charge in [0.15, 0.2) is 0 Å². The summed E-state index contributed by atoms with van der Waals surface area (Å²) in [4.78, 5) is 2.54. The van der Waals surface area contributed by atoms with Gasteiger partial charge in [0.05, 0.1) is 0 Å². The summed E-state index contributed by atoms with van der Waals surface area (Å²) < 4.78 is 0. The fraction of sp³-hybridized carbons (Fsp3) is 0.333. The van der Waals surface area contributed by atoms with E-state index in [1.165, 1.54) is 30.5 Å². The third-order valence-corrected chi connectivity index (χ3v) is 3.33. The topological polar surface area (TPSA) is 3.24 Å². The van der Waals surface area contributed by atoms with Crippen molar-refractivity contribution in [3.05, 3.63) is 71.8 Å². The Morgan fingerprint density at radius 3 is 1.63 bits per heavy atom. The van der Waals surface area contributed by atoms with Gasteiger partial charge in [0.1, 0.15) is 0 Å². The third-order valence-electron chi connectivity index (χ3n) is 3.33. The van der Waals surface area contributed by atoms with Gasteiger partial charge in [-0.05, 0) is 24.1 Å². The van der Waals surface area contributed by atoms with Gasteiger partial charge < -0.3 is 0 Å². The van der Waals surface area contributed by atoms with Crippen molar-refractivity contribution in [1.82, 2.24) is 4.90 Å². The van der Waals surface area contributed by atoms with Crippen molar-refractivity contribution < 1.29 is 0 Å². The van der Waals surface area contributed by atoms with E-state index in [4.69, 9.17) is 0 Å². The average Bonchev–Trinajstić information content (AvgIpc) is 2.47. The Morgan fingerprint density at radius 1 is 0.737 bits per heavy atom. The highest BCUT2D eigenvalue weighted by Gasteiger charge is 2.06. The van der Waals surface area contributed by atoms with Crippen LogP contribution in [-0.2, 0) is 13.1 Å². The first-order chi connectivity index (χ1) is 9.38. The molecule has 0 saturated heterocycles. The van der Waals surface area contributed by atoms with Crippen LogP contribution in [0.4, 0.5) is 0 Å². The van der Waals surface area contributed by atoms with Crippen molar-refractivity contribution in [2.45, 2.75) is 32.9 Å². The monoisotopic (exact) mass is 253 g/mol. The first-order valence-corrected chi connectivity index (χ1v) is 7.18. The van der Waals surface area contributed by atoms with Crippen molar-refractivity contribution in [3.8, 4) is 0 Å². The predicted octanol–water partition coefficient (Wildman–Crippen LogP) is 4.49. The van der Waals surface area contributed by atoms with E-state index in [-0.39, 0.29) is 0 Å². The molecule has 100 valence electrons. The van der Waals surface area contributed by atoms with E-state index in [0.29, 0.717) is 0 Å². The SMILES string of the molecule is CCCCN(Cc1ccccc1)Cc1ccccc1. The van der Waals surface area contributed by atoms with Crippen LogP contribution in [0.3, 0.4) is 0 Å². The smallest absolute Gasteiger partial charge is 0.0237 e. The molecule has 0 N–H and O–H groups in total. The second-order valence-electron chi connectivity index (χ2n) is 5.04. The molecule has 0 aromatic heterocycles. The molecule has 0 atom stereocenters. The van der Waals surface area contributed by atoms with Crippen molar-refractivity contribution in [2.75, 3.05) is 6.54 Å². The second-order valence-corrected chi connectivity index (χ2v) is 5.04. The van der Waals surface area contributed by atoms with Crippen molar-refractivity contribution >= 4 is 0 Å². The lowest BCUT2D eigenvalue weighted by Crippen LogP contribution is -2.23. The van der Waals surface area contributed by atoms with Gasteiger partial charge >= 0.3 is 0 Å². The second kappa shape index (κ2) is 7.75. The molecule has 0 spiro atoms. The molecule has 1 nitrogen and oxygen atoms in total. The normalized spacial score (nSPS) is 10.8. The molecule has 0 fully saturated rings. The third kappa shape index (κ3) is 4.88. The first-order valence-electron chi connectivity index (χ1n) is 7.18. The highest BCUT2D eigenvalue weighted by atomic mass is 15.1. The Morgan fingerprint density at radius 2 is 1.21 bits per heavy atom. The van der Waals surface area contributed by atoms with Gasteiger partial charge in [-0.1, -0.05) is 74.0 Å². The maximum Gasteiger partial charge on any atom is 0.0237 e. The van der Waals surface area contributed by atoms with E-state index in [9.17, 15) is 0 Å². The minimum atomic E-state index is 1.04. The molecule has 0 saturated carbocycles. The highest BCUT2D eigenvalue weighted by molar-refractivity contribution is 5.17. The molecule has 0 bridgehead atoms. The molecule has 19 heavy (non-hydrogen) atoms. The number of nitrogens with zero attached hydrogens (tertiary/aromatic N) is 1. The summed E-state index contributed by atoms with van der Waals surface area (Å²) >= 11 is 0. The van der Waals surface area contributed by atoms with Crippen LogP contribution in [0.2, 0.25) is 0 Å². The molecule has 0 heterocycles. The van der Waals surface area contributed by atoms with Gasteiger partial charge in [0.2, 0.25) is 0 Å². The zero-order valence-corrected chi connectivity index (χ0v) is 11.8. The van der Waals surface area contributed by atoms with E-state index in [1.54, 1.807) is 0 Å². The number of hydrogen-bond donors (Lipinski definition) is 0. The van der Waals surface area contributed by atoms with Gasteiger partial charge in [-0.2, -0.15) is 0 Å². The molecule has 0 amide bonds. The van der Waals surface area contributed by atoms with Crippen LogP contribution in [0.15, 0.2) is 60.7 Å². The maximum atomic E-state index is 2.54. The summed E-state index contributed by atoms with van der Waals surface area (Å²) in [5, 5.41) is 0. The van der Waals surface area contributed by atoms with E-state index >= 15 is 0 Å². The summed E-state index contributed by atoms with van der Waals surface area (Å²) in [6, 6.07) is 21.5. The number of hydrogen-bond acceptors (Lipinski definition) is 1. The zero-order chi connectivity index (χ0) is 13.3. The lowest BCUT2D eigenvalue weighted by molar-refractivity contribution is 0.252. The fourth-order valence-corrected chi connectivity index (χ4v) is 2.28. The van der Waals surface area contributed by atoms with Gasteiger partial charge in [-0.25, -0.2) is 0 Å². The number of rotatable bonds is 7. The minimum Gasteiger partial charge on any atom is -0.295 e. The van der Waals surface area contributed by atoms with Crippen molar-refractivity contribution in [2.24, 2.45) is 0 Å². The Kier molecular flexibility index (Phi) is 5.64. The summed E-state index contributed by atoms with van der Waals surface area (Å²) in [6.45, 7) is 5.50.